The molecule has 0 bridgehead atoms. The second kappa shape index (κ2) is 8.79. The maximum absolute atomic E-state index is 9.90. The SMILES string of the molecule is COCCNCC(O)CN1CC(OC)C(OC)C1. The Labute approximate surface area is 109 Å². The van der Waals surface area contributed by atoms with Gasteiger partial charge in [-0.25, -0.2) is 0 Å². The standard InChI is InChI=1S/C12H26N2O4/c1-16-5-4-13-6-10(15)7-14-8-11(17-2)12(9-14)18-3/h10-13,15H,4-9H2,1-3H3. The van der Waals surface area contributed by atoms with Gasteiger partial charge in [-0.05, 0) is 0 Å². The zero-order valence-corrected chi connectivity index (χ0v) is 11.6. The molecule has 1 aliphatic rings. The summed E-state index contributed by atoms with van der Waals surface area (Å²) in [6.45, 7) is 4.26. The molecule has 3 unspecified atom stereocenters. The van der Waals surface area contributed by atoms with Crippen LogP contribution in [0, 0.1) is 0 Å². The average Bonchev–Trinajstić information content (AvgIpc) is 2.76. The quantitative estimate of drug-likeness (QED) is 0.516. The number of aliphatic hydroxyl groups is 1. The van der Waals surface area contributed by atoms with Crippen molar-refractivity contribution < 1.29 is 19.3 Å². The Kier molecular flexibility index (Phi) is 7.73. The van der Waals surface area contributed by atoms with Crippen LogP contribution in [-0.2, 0) is 14.2 Å². The highest BCUT2D eigenvalue weighted by Crippen LogP contribution is 2.15. The number of nitrogens with one attached hydrogen (secondary N) is 1. The number of methoxy groups -OCH3 is 3. The van der Waals surface area contributed by atoms with E-state index < -0.39 is 0 Å². The predicted octanol–water partition coefficient (Wildman–Crippen LogP) is -1.07. The van der Waals surface area contributed by atoms with E-state index in [1.54, 1.807) is 21.3 Å². The lowest BCUT2D eigenvalue weighted by atomic mass is 10.3. The first kappa shape index (κ1) is 15.8. The molecule has 1 aliphatic heterocycles. The van der Waals surface area contributed by atoms with Gasteiger partial charge in [0, 0.05) is 54.1 Å². The fourth-order valence-corrected chi connectivity index (χ4v) is 2.23. The number of nitrogens with zero attached hydrogens (tertiary/aromatic N) is 1. The molecule has 2 N–H and O–H groups in total. The first-order chi connectivity index (χ1) is 8.71. The van der Waals surface area contributed by atoms with E-state index in [4.69, 9.17) is 14.2 Å². The Morgan fingerprint density at radius 1 is 1.22 bits per heavy atom. The molecule has 3 atom stereocenters. The van der Waals surface area contributed by atoms with Crippen molar-refractivity contribution in [3.63, 3.8) is 0 Å². The van der Waals surface area contributed by atoms with Crippen LogP contribution in [0.25, 0.3) is 0 Å². The zero-order valence-electron chi connectivity index (χ0n) is 11.6. The van der Waals surface area contributed by atoms with Crippen molar-refractivity contribution >= 4 is 0 Å². The molecule has 0 aromatic carbocycles. The smallest absolute Gasteiger partial charge is 0.0971 e. The highest BCUT2D eigenvalue weighted by atomic mass is 16.5. The van der Waals surface area contributed by atoms with Gasteiger partial charge in [0.25, 0.3) is 0 Å². The van der Waals surface area contributed by atoms with Gasteiger partial charge in [-0.2, -0.15) is 0 Å². The summed E-state index contributed by atoms with van der Waals surface area (Å²) >= 11 is 0. The summed E-state index contributed by atoms with van der Waals surface area (Å²) in [6.07, 6.45) is -0.178. The van der Waals surface area contributed by atoms with Gasteiger partial charge in [-0.15, -0.1) is 0 Å². The van der Waals surface area contributed by atoms with Crippen molar-refractivity contribution in [1.82, 2.24) is 10.2 Å². The Bertz CT molecular complexity index is 206. The molecule has 0 radical (unpaired) electrons. The third-order valence-electron chi connectivity index (χ3n) is 3.23. The lowest BCUT2D eigenvalue weighted by molar-refractivity contribution is -0.00461. The fraction of sp³-hybridized carbons (Fsp3) is 1.00. The van der Waals surface area contributed by atoms with Gasteiger partial charge in [0.1, 0.15) is 0 Å². The first-order valence-electron chi connectivity index (χ1n) is 6.37. The van der Waals surface area contributed by atoms with Crippen molar-refractivity contribution in [2.45, 2.75) is 18.3 Å². The number of hydrogen-bond donors (Lipinski definition) is 2. The number of hydrogen-bond acceptors (Lipinski definition) is 6. The van der Waals surface area contributed by atoms with E-state index in [0.717, 1.165) is 19.6 Å². The normalized spacial score (nSPS) is 26.7. The molecule has 0 aromatic heterocycles. The first-order valence-corrected chi connectivity index (χ1v) is 6.37. The van der Waals surface area contributed by atoms with Crippen LogP contribution in [-0.4, -0.2) is 89.0 Å². The predicted molar refractivity (Wildman–Crippen MR) is 68.8 cm³/mol. The average molecular weight is 262 g/mol. The van der Waals surface area contributed by atoms with Crippen LogP contribution in [0.5, 0.6) is 0 Å². The second-order valence-electron chi connectivity index (χ2n) is 4.62. The molecule has 6 heteroatoms. The highest BCUT2D eigenvalue weighted by molar-refractivity contribution is 4.86. The third kappa shape index (κ3) is 5.17. The van der Waals surface area contributed by atoms with Crippen LogP contribution in [0.1, 0.15) is 0 Å². The fourth-order valence-electron chi connectivity index (χ4n) is 2.23. The summed E-state index contributed by atoms with van der Waals surface area (Å²) in [4.78, 5) is 2.17. The molecule has 0 aromatic rings. The Morgan fingerprint density at radius 2 is 1.83 bits per heavy atom. The Balaban J connectivity index is 2.18. The summed E-state index contributed by atoms with van der Waals surface area (Å²) in [7, 11) is 5.06. The van der Waals surface area contributed by atoms with Crippen molar-refractivity contribution in [3.8, 4) is 0 Å². The van der Waals surface area contributed by atoms with Crippen molar-refractivity contribution in [2.75, 3.05) is 60.7 Å². The summed E-state index contributed by atoms with van der Waals surface area (Å²) in [5.74, 6) is 0. The van der Waals surface area contributed by atoms with E-state index in [0.29, 0.717) is 19.7 Å². The number of likely N-dealkylation sites (tertiary alicyclic amines) is 1. The van der Waals surface area contributed by atoms with Crippen LogP contribution in [0.15, 0.2) is 0 Å². The monoisotopic (exact) mass is 262 g/mol. The molecule has 0 spiro atoms. The van der Waals surface area contributed by atoms with Gasteiger partial charge in [0.15, 0.2) is 0 Å². The van der Waals surface area contributed by atoms with E-state index in [9.17, 15) is 5.11 Å². The van der Waals surface area contributed by atoms with Gasteiger partial charge in [-0.1, -0.05) is 0 Å². The summed E-state index contributed by atoms with van der Waals surface area (Å²) < 4.78 is 15.6. The molecule has 1 heterocycles. The van der Waals surface area contributed by atoms with Crippen LogP contribution >= 0.6 is 0 Å². The minimum absolute atomic E-state index is 0.101. The maximum Gasteiger partial charge on any atom is 0.0971 e. The number of aliphatic hydroxyl groups excluding tert-OH is 1. The molecule has 1 fully saturated rings. The molecule has 18 heavy (non-hydrogen) atoms. The van der Waals surface area contributed by atoms with Crippen molar-refractivity contribution in [2.24, 2.45) is 0 Å². The van der Waals surface area contributed by atoms with Gasteiger partial charge in [-0.3, -0.25) is 4.90 Å². The van der Waals surface area contributed by atoms with Gasteiger partial charge >= 0.3 is 0 Å². The molecule has 108 valence electrons. The summed E-state index contributed by atoms with van der Waals surface area (Å²) in [5, 5.41) is 13.0. The topological polar surface area (TPSA) is 63.2 Å². The zero-order chi connectivity index (χ0) is 13.4. The maximum atomic E-state index is 9.90. The summed E-state index contributed by atoms with van der Waals surface area (Å²) in [6, 6.07) is 0. The van der Waals surface area contributed by atoms with Crippen molar-refractivity contribution in [3.05, 3.63) is 0 Å². The number of ether oxygens (including phenoxy) is 3. The van der Waals surface area contributed by atoms with Crippen molar-refractivity contribution in [1.29, 1.82) is 0 Å². The van der Waals surface area contributed by atoms with E-state index >= 15 is 0 Å². The molecule has 6 nitrogen and oxygen atoms in total. The highest BCUT2D eigenvalue weighted by Gasteiger charge is 2.33. The Morgan fingerprint density at radius 3 is 2.33 bits per heavy atom. The molecule has 0 aliphatic carbocycles. The molecule has 1 saturated heterocycles. The van der Waals surface area contributed by atoms with Crippen LogP contribution in [0.2, 0.25) is 0 Å². The lowest BCUT2D eigenvalue weighted by Crippen LogP contribution is -2.38. The Hall–Kier alpha value is -0.240. The number of rotatable bonds is 9. The summed E-state index contributed by atoms with van der Waals surface area (Å²) in [5.41, 5.74) is 0. The lowest BCUT2D eigenvalue weighted by Gasteiger charge is -2.19. The van der Waals surface area contributed by atoms with Gasteiger partial charge in [0.05, 0.1) is 24.9 Å². The molecule has 0 amide bonds. The van der Waals surface area contributed by atoms with E-state index in [1.165, 1.54) is 0 Å². The largest absolute Gasteiger partial charge is 0.390 e. The minimum atomic E-state index is -0.380. The van der Waals surface area contributed by atoms with Gasteiger partial charge in [0.2, 0.25) is 0 Å². The van der Waals surface area contributed by atoms with Crippen LogP contribution in [0.4, 0.5) is 0 Å². The van der Waals surface area contributed by atoms with Gasteiger partial charge < -0.3 is 24.6 Å². The second-order valence-corrected chi connectivity index (χ2v) is 4.62. The molecular formula is C12H26N2O4. The van der Waals surface area contributed by atoms with E-state index in [2.05, 4.69) is 10.2 Å². The van der Waals surface area contributed by atoms with E-state index in [-0.39, 0.29) is 18.3 Å². The molecule has 1 rings (SSSR count). The van der Waals surface area contributed by atoms with Crippen LogP contribution in [0.3, 0.4) is 0 Å². The third-order valence-corrected chi connectivity index (χ3v) is 3.23. The molecule has 0 saturated carbocycles. The van der Waals surface area contributed by atoms with E-state index in [1.807, 2.05) is 0 Å². The number of β-amino-alcohol motifs (C(OH)–C–C–N with tert-alkyl or cyclic N) is 1. The molecular weight excluding hydrogens is 236 g/mol. The minimum Gasteiger partial charge on any atom is -0.390 e. The van der Waals surface area contributed by atoms with Crippen LogP contribution < -0.4 is 5.32 Å².